The molecule has 0 radical (unpaired) electrons. The number of amides is 1. The van der Waals surface area contributed by atoms with Gasteiger partial charge in [-0.3, -0.25) is 9.59 Å². The Hall–Kier alpha value is -2.90. The van der Waals surface area contributed by atoms with E-state index in [4.69, 9.17) is 0 Å². The van der Waals surface area contributed by atoms with Gasteiger partial charge in [0, 0.05) is 58.0 Å². The van der Waals surface area contributed by atoms with Crippen LogP contribution in [0.1, 0.15) is 19.3 Å². The molecule has 0 aromatic carbocycles. The van der Waals surface area contributed by atoms with Gasteiger partial charge in [0.2, 0.25) is 5.91 Å². The summed E-state index contributed by atoms with van der Waals surface area (Å²) in [6.07, 6.45) is 6.13. The van der Waals surface area contributed by atoms with E-state index in [9.17, 15) is 9.59 Å². The molecule has 8 heteroatoms. The van der Waals surface area contributed by atoms with E-state index < -0.39 is 0 Å². The van der Waals surface area contributed by atoms with Crippen molar-refractivity contribution in [3.63, 3.8) is 0 Å². The SMILES string of the molecule is O=C(CC1CCCN(c2cn[nH]c(=O)c2)C1)N1CCN(c2ccccn2)CC1. The van der Waals surface area contributed by atoms with E-state index in [1.807, 2.05) is 23.1 Å². The predicted octanol–water partition coefficient (Wildman–Crippen LogP) is 1.12. The molecule has 28 heavy (non-hydrogen) atoms. The largest absolute Gasteiger partial charge is 0.370 e. The Kier molecular flexibility index (Phi) is 5.55. The van der Waals surface area contributed by atoms with Gasteiger partial charge in [-0.15, -0.1) is 0 Å². The maximum Gasteiger partial charge on any atom is 0.266 e. The van der Waals surface area contributed by atoms with Crippen molar-refractivity contribution in [2.24, 2.45) is 5.92 Å². The molecule has 2 aromatic heterocycles. The second kappa shape index (κ2) is 8.41. The molecule has 1 amide bonds. The third kappa shape index (κ3) is 4.32. The van der Waals surface area contributed by atoms with Gasteiger partial charge in [-0.2, -0.15) is 5.10 Å². The quantitative estimate of drug-likeness (QED) is 0.853. The smallest absolute Gasteiger partial charge is 0.266 e. The number of hydrogen-bond donors (Lipinski definition) is 1. The number of aromatic amines is 1. The average Bonchev–Trinajstić information content (AvgIpc) is 2.75. The number of H-pyrrole nitrogens is 1. The van der Waals surface area contributed by atoms with Gasteiger partial charge in [-0.1, -0.05) is 6.07 Å². The van der Waals surface area contributed by atoms with Gasteiger partial charge < -0.3 is 14.7 Å². The van der Waals surface area contributed by atoms with Gasteiger partial charge in [-0.05, 0) is 30.9 Å². The molecule has 148 valence electrons. The number of nitrogens with zero attached hydrogens (tertiary/aromatic N) is 5. The molecule has 1 atom stereocenters. The highest BCUT2D eigenvalue weighted by molar-refractivity contribution is 5.77. The Balaban J connectivity index is 1.30. The summed E-state index contributed by atoms with van der Waals surface area (Å²) in [6, 6.07) is 7.49. The van der Waals surface area contributed by atoms with E-state index in [1.54, 1.807) is 18.5 Å². The van der Waals surface area contributed by atoms with Crippen molar-refractivity contribution in [3.05, 3.63) is 47.0 Å². The van der Waals surface area contributed by atoms with Crippen molar-refractivity contribution >= 4 is 17.4 Å². The van der Waals surface area contributed by atoms with Crippen LogP contribution in [0.15, 0.2) is 41.5 Å². The zero-order valence-electron chi connectivity index (χ0n) is 16.0. The van der Waals surface area contributed by atoms with E-state index in [0.717, 1.165) is 63.6 Å². The average molecular weight is 382 g/mol. The van der Waals surface area contributed by atoms with Crippen LogP contribution in [0.2, 0.25) is 0 Å². The molecule has 0 aliphatic carbocycles. The fourth-order valence-electron chi connectivity index (χ4n) is 4.11. The minimum absolute atomic E-state index is 0.193. The molecule has 0 saturated carbocycles. The zero-order chi connectivity index (χ0) is 19.3. The Morgan fingerprint density at radius 1 is 1.14 bits per heavy atom. The number of nitrogens with one attached hydrogen (secondary N) is 1. The van der Waals surface area contributed by atoms with E-state index in [1.165, 1.54) is 0 Å². The summed E-state index contributed by atoms with van der Waals surface area (Å²) < 4.78 is 0. The standard InChI is InChI=1S/C20H26N6O2/c27-19-13-17(14-22-23-19)26-7-3-4-16(15-26)12-20(28)25-10-8-24(9-11-25)18-5-1-2-6-21-18/h1-2,5-6,13-14,16H,3-4,7-12,15H2,(H,23,27). The van der Waals surface area contributed by atoms with Gasteiger partial charge in [0.25, 0.3) is 5.56 Å². The van der Waals surface area contributed by atoms with Crippen molar-refractivity contribution in [1.82, 2.24) is 20.1 Å². The van der Waals surface area contributed by atoms with E-state index >= 15 is 0 Å². The molecule has 1 N–H and O–H groups in total. The van der Waals surface area contributed by atoms with Crippen LogP contribution in [0.5, 0.6) is 0 Å². The normalized spacial score (nSPS) is 20.3. The lowest BCUT2D eigenvalue weighted by atomic mass is 9.94. The molecule has 2 saturated heterocycles. The zero-order valence-corrected chi connectivity index (χ0v) is 16.0. The van der Waals surface area contributed by atoms with Gasteiger partial charge in [-0.25, -0.2) is 10.1 Å². The molecule has 2 aliphatic rings. The number of carbonyl (C=O) groups is 1. The van der Waals surface area contributed by atoms with Crippen LogP contribution >= 0.6 is 0 Å². The minimum Gasteiger partial charge on any atom is -0.370 e. The van der Waals surface area contributed by atoms with Crippen LogP contribution in [-0.2, 0) is 4.79 Å². The number of piperazine rings is 1. The number of aromatic nitrogens is 3. The molecular formula is C20H26N6O2. The van der Waals surface area contributed by atoms with Crippen molar-refractivity contribution in [3.8, 4) is 0 Å². The topological polar surface area (TPSA) is 85.4 Å². The summed E-state index contributed by atoms with van der Waals surface area (Å²) in [5.41, 5.74) is 0.645. The summed E-state index contributed by atoms with van der Waals surface area (Å²) in [4.78, 5) is 35.1. The number of hydrogen-bond acceptors (Lipinski definition) is 6. The predicted molar refractivity (Wildman–Crippen MR) is 107 cm³/mol. The maximum atomic E-state index is 12.8. The van der Waals surface area contributed by atoms with E-state index in [2.05, 4.69) is 25.0 Å². The van der Waals surface area contributed by atoms with E-state index in [0.29, 0.717) is 12.3 Å². The molecule has 4 heterocycles. The summed E-state index contributed by atoms with van der Waals surface area (Å²) in [7, 11) is 0. The fraction of sp³-hybridized carbons (Fsp3) is 0.500. The van der Waals surface area contributed by atoms with Gasteiger partial charge >= 0.3 is 0 Å². The molecule has 1 unspecified atom stereocenters. The molecule has 2 fully saturated rings. The summed E-state index contributed by atoms with van der Waals surface area (Å²) in [6.45, 7) is 4.81. The van der Waals surface area contributed by atoms with Crippen LogP contribution in [0.3, 0.4) is 0 Å². The lowest BCUT2D eigenvalue weighted by molar-refractivity contribution is -0.132. The van der Waals surface area contributed by atoms with Gasteiger partial charge in [0.1, 0.15) is 5.82 Å². The number of carbonyl (C=O) groups excluding carboxylic acids is 1. The monoisotopic (exact) mass is 382 g/mol. The number of piperidine rings is 1. The first-order chi connectivity index (χ1) is 13.7. The highest BCUT2D eigenvalue weighted by atomic mass is 16.2. The molecular weight excluding hydrogens is 356 g/mol. The first kappa shape index (κ1) is 18.5. The van der Waals surface area contributed by atoms with Gasteiger partial charge in [0.15, 0.2) is 0 Å². The highest BCUT2D eigenvalue weighted by Gasteiger charge is 2.27. The lowest BCUT2D eigenvalue weighted by Gasteiger charge is -2.37. The lowest BCUT2D eigenvalue weighted by Crippen LogP contribution is -2.49. The second-order valence-corrected chi connectivity index (χ2v) is 7.52. The molecule has 8 nitrogen and oxygen atoms in total. The second-order valence-electron chi connectivity index (χ2n) is 7.52. The first-order valence-electron chi connectivity index (χ1n) is 9.92. The van der Waals surface area contributed by atoms with E-state index in [-0.39, 0.29) is 11.5 Å². The Labute approximate surface area is 164 Å². The summed E-state index contributed by atoms with van der Waals surface area (Å²) in [5.74, 6) is 1.52. The first-order valence-corrected chi connectivity index (χ1v) is 9.92. The number of rotatable bonds is 4. The Morgan fingerprint density at radius 3 is 2.75 bits per heavy atom. The van der Waals surface area contributed by atoms with Crippen LogP contribution in [0.25, 0.3) is 0 Å². The molecule has 0 spiro atoms. The Morgan fingerprint density at radius 2 is 2.00 bits per heavy atom. The third-order valence-corrected chi connectivity index (χ3v) is 5.60. The van der Waals surface area contributed by atoms with Crippen molar-refractivity contribution < 1.29 is 4.79 Å². The van der Waals surface area contributed by atoms with Crippen LogP contribution in [0, 0.1) is 5.92 Å². The van der Waals surface area contributed by atoms with Crippen LogP contribution < -0.4 is 15.4 Å². The number of anilines is 2. The van der Waals surface area contributed by atoms with Crippen molar-refractivity contribution in [2.75, 3.05) is 49.1 Å². The molecule has 2 aromatic rings. The number of pyridine rings is 1. The third-order valence-electron chi connectivity index (χ3n) is 5.60. The molecule has 4 rings (SSSR count). The maximum absolute atomic E-state index is 12.8. The molecule has 0 bridgehead atoms. The fourth-order valence-corrected chi connectivity index (χ4v) is 4.11. The minimum atomic E-state index is -0.193. The van der Waals surface area contributed by atoms with Crippen LogP contribution in [-0.4, -0.2) is 65.3 Å². The Bertz CT molecular complexity index is 847. The van der Waals surface area contributed by atoms with Gasteiger partial charge in [0.05, 0.1) is 11.9 Å². The summed E-state index contributed by atoms with van der Waals surface area (Å²) >= 11 is 0. The molecule has 2 aliphatic heterocycles. The summed E-state index contributed by atoms with van der Waals surface area (Å²) in [5, 5.41) is 6.30. The van der Waals surface area contributed by atoms with Crippen LogP contribution in [0.4, 0.5) is 11.5 Å². The van der Waals surface area contributed by atoms with Crippen molar-refractivity contribution in [1.29, 1.82) is 0 Å². The van der Waals surface area contributed by atoms with Crippen molar-refractivity contribution in [2.45, 2.75) is 19.3 Å². The highest BCUT2D eigenvalue weighted by Crippen LogP contribution is 2.24.